The van der Waals surface area contributed by atoms with Crippen LogP contribution < -0.4 is 37.9 Å². The van der Waals surface area contributed by atoms with Gasteiger partial charge in [0, 0.05) is 81.7 Å². The van der Waals surface area contributed by atoms with Gasteiger partial charge in [-0.2, -0.15) is 0 Å². The number of unbranched alkanes of at least 4 members (excludes halogenated alkanes) is 2. The molecule has 4 amide bonds. The van der Waals surface area contributed by atoms with Gasteiger partial charge >= 0.3 is 0 Å². The Labute approximate surface area is 488 Å². The van der Waals surface area contributed by atoms with E-state index in [2.05, 4.69) is 46.3 Å². The standard InChI is InChI=1S/C33H36N4O6.C31H32N4O6/c1-20-10-22-16-34-26-14-30(28(40-3)12-24(26)32(38)36(22)18-20)42-8-6-5-7-9-43-31-15-27-25(13-29(31)41-4)33(39)37-19-21(2)11-23(37)17-35-27;1-18-8-20-14-32-24-12-28(26(38-3)10-22(24)30(36)34(20)16-18)40-6-5-7-41-29-13-25-23(11-27(29)39-4)31(37)35-17-19(2)9-21(35)15-33-25/h12-17,22-23H,1-2,5-11,18-19H2,3-4H3;10-15,20-21H,1-2,5-9,16-17H2,3-4H3/t22-,23-;20-,21-/m00/s1. The molecule has 8 aliphatic rings. The monoisotopic (exact) mass is 1140 g/mol. The van der Waals surface area contributed by atoms with E-state index in [1.807, 2.05) is 12.4 Å². The minimum absolute atomic E-state index is 0.0652. The topological polar surface area (TPSA) is 205 Å². The van der Waals surface area contributed by atoms with Gasteiger partial charge in [-0.25, -0.2) is 0 Å². The zero-order valence-electron chi connectivity index (χ0n) is 47.9. The van der Waals surface area contributed by atoms with Gasteiger partial charge in [-0.15, -0.1) is 0 Å². The molecule has 436 valence electrons. The highest BCUT2D eigenvalue weighted by Crippen LogP contribution is 2.43. The van der Waals surface area contributed by atoms with Gasteiger partial charge in [0.25, 0.3) is 23.6 Å². The summed E-state index contributed by atoms with van der Waals surface area (Å²) in [5.41, 5.74) is 8.33. The van der Waals surface area contributed by atoms with Crippen LogP contribution in [0, 0.1) is 0 Å². The molecule has 8 heterocycles. The van der Waals surface area contributed by atoms with Crippen LogP contribution in [0.2, 0.25) is 0 Å². The molecule has 4 saturated heterocycles. The number of ether oxygens (including phenoxy) is 8. The summed E-state index contributed by atoms with van der Waals surface area (Å²) >= 11 is 0. The first-order chi connectivity index (χ1) is 40.7. The van der Waals surface area contributed by atoms with Gasteiger partial charge in [0.05, 0.1) is 124 Å². The zero-order valence-corrected chi connectivity index (χ0v) is 47.9. The molecular weight excluding hydrogens is 1070 g/mol. The van der Waals surface area contributed by atoms with Crippen molar-refractivity contribution in [3.8, 4) is 46.0 Å². The maximum absolute atomic E-state index is 13.2. The second-order valence-corrected chi connectivity index (χ2v) is 21.8. The predicted molar refractivity (Wildman–Crippen MR) is 319 cm³/mol. The number of carbonyl (C=O) groups is 4. The Morgan fingerprint density at radius 1 is 0.357 bits per heavy atom. The number of fused-ring (bicyclic) bond motifs is 8. The molecular formula is C64H68N8O12. The summed E-state index contributed by atoms with van der Waals surface area (Å²) in [6.07, 6.45) is 13.2. The van der Waals surface area contributed by atoms with E-state index >= 15 is 0 Å². The number of benzene rings is 4. The second kappa shape index (κ2) is 24.3. The highest BCUT2D eigenvalue weighted by molar-refractivity contribution is 6.06. The van der Waals surface area contributed by atoms with E-state index in [0.717, 1.165) is 67.2 Å². The van der Waals surface area contributed by atoms with Crippen molar-refractivity contribution in [1.29, 1.82) is 0 Å². The minimum atomic E-state index is -0.0917. The molecule has 0 bridgehead atoms. The number of amides is 4. The molecule has 12 rings (SSSR count). The Morgan fingerprint density at radius 3 is 0.833 bits per heavy atom. The van der Waals surface area contributed by atoms with Crippen LogP contribution in [0.1, 0.15) is 92.8 Å². The first-order valence-corrected chi connectivity index (χ1v) is 28.2. The van der Waals surface area contributed by atoms with Gasteiger partial charge in [0.1, 0.15) is 0 Å². The quantitative estimate of drug-likeness (QED) is 0.0675. The Balaban J connectivity index is 0.000000176. The van der Waals surface area contributed by atoms with E-state index < -0.39 is 0 Å². The van der Waals surface area contributed by atoms with Crippen LogP contribution in [-0.2, 0) is 0 Å². The van der Waals surface area contributed by atoms with Crippen molar-refractivity contribution in [2.75, 3.05) is 81.0 Å². The largest absolute Gasteiger partial charge is 0.493 e. The summed E-state index contributed by atoms with van der Waals surface area (Å²) < 4.78 is 46.3. The number of hydrogen-bond acceptors (Lipinski definition) is 16. The van der Waals surface area contributed by atoms with Gasteiger partial charge in [-0.3, -0.25) is 39.1 Å². The number of carbonyl (C=O) groups excluding carboxylic acids is 4. The molecule has 0 saturated carbocycles. The summed E-state index contributed by atoms with van der Waals surface area (Å²) in [4.78, 5) is 78.2. The fraction of sp³-hybridized carbons (Fsp3) is 0.375. The molecule has 8 aliphatic heterocycles. The Kier molecular flexibility index (Phi) is 16.4. The maximum atomic E-state index is 13.2. The third-order valence-electron chi connectivity index (χ3n) is 15.9. The number of methoxy groups -OCH3 is 4. The summed E-state index contributed by atoms with van der Waals surface area (Å²) in [7, 11) is 6.21. The molecule has 0 aromatic heterocycles. The molecule has 0 spiro atoms. The lowest BCUT2D eigenvalue weighted by atomic mass is 10.1. The van der Waals surface area contributed by atoms with E-state index in [1.165, 1.54) is 0 Å². The molecule has 4 aromatic carbocycles. The zero-order chi connectivity index (χ0) is 58.8. The average Bonchev–Trinajstić information content (AvgIpc) is 4.10. The lowest BCUT2D eigenvalue weighted by molar-refractivity contribution is 0.0769. The van der Waals surface area contributed by atoms with Crippen molar-refractivity contribution in [3.05, 3.63) is 119 Å². The molecule has 4 fully saturated rings. The number of aliphatic imine (C=N–C) groups is 4. The van der Waals surface area contributed by atoms with E-state index in [-0.39, 0.29) is 47.8 Å². The average molecular weight is 1140 g/mol. The fourth-order valence-electron chi connectivity index (χ4n) is 11.6. The highest BCUT2D eigenvalue weighted by atomic mass is 16.5. The van der Waals surface area contributed by atoms with E-state index in [4.69, 9.17) is 37.9 Å². The first kappa shape index (κ1) is 56.7. The summed E-state index contributed by atoms with van der Waals surface area (Å²) in [6, 6.07) is 13.6. The summed E-state index contributed by atoms with van der Waals surface area (Å²) in [6.45, 7) is 19.9. The van der Waals surface area contributed by atoms with Gasteiger partial charge in [-0.05, 0) is 69.2 Å². The van der Waals surface area contributed by atoms with Gasteiger partial charge in [0.15, 0.2) is 46.0 Å². The second-order valence-electron chi connectivity index (χ2n) is 21.8. The Morgan fingerprint density at radius 2 is 0.595 bits per heavy atom. The molecule has 0 radical (unpaired) electrons. The van der Waals surface area contributed by atoms with Crippen LogP contribution in [0.3, 0.4) is 0 Å². The van der Waals surface area contributed by atoms with Crippen LogP contribution >= 0.6 is 0 Å². The molecule has 20 nitrogen and oxygen atoms in total. The molecule has 0 unspecified atom stereocenters. The smallest absolute Gasteiger partial charge is 0.257 e. The highest BCUT2D eigenvalue weighted by Gasteiger charge is 2.38. The number of hydrogen-bond donors (Lipinski definition) is 0. The summed E-state index contributed by atoms with van der Waals surface area (Å²) in [5, 5.41) is 0. The first-order valence-electron chi connectivity index (χ1n) is 28.2. The van der Waals surface area contributed by atoms with Crippen molar-refractivity contribution in [3.63, 3.8) is 0 Å². The van der Waals surface area contributed by atoms with Crippen LogP contribution in [0.15, 0.2) is 117 Å². The number of nitrogens with zero attached hydrogens (tertiary/aromatic N) is 8. The molecule has 84 heavy (non-hydrogen) atoms. The van der Waals surface area contributed by atoms with Crippen molar-refractivity contribution >= 4 is 71.2 Å². The SMILES string of the molecule is C=C1C[C@H]2C=Nc3cc(OCCCCCOc4cc5c(cc4OC)C(=O)N4CC(=C)C[C@H]4C=N5)c(OC)cc3C(=O)N2C1.C=C1C[C@H]2C=Nc3cc(OCCCOc4cc5c(cc4OC)C(=O)N4CC(=C)C[C@H]4C=N5)c(OC)cc3C(=O)N2C1. The van der Waals surface area contributed by atoms with Crippen LogP contribution in [0.4, 0.5) is 22.7 Å². The van der Waals surface area contributed by atoms with Gasteiger partial charge in [-0.1, -0.05) is 48.6 Å². The van der Waals surface area contributed by atoms with Crippen molar-refractivity contribution in [1.82, 2.24) is 19.6 Å². The predicted octanol–water partition coefficient (Wildman–Crippen LogP) is 9.83. The molecule has 0 aliphatic carbocycles. The third-order valence-corrected chi connectivity index (χ3v) is 15.9. The van der Waals surface area contributed by atoms with Crippen LogP contribution in [-0.4, -0.2) is 173 Å². The van der Waals surface area contributed by atoms with E-state index in [9.17, 15) is 19.2 Å². The van der Waals surface area contributed by atoms with Crippen molar-refractivity contribution in [2.45, 2.75) is 75.5 Å². The Bertz CT molecular complexity index is 3290. The van der Waals surface area contributed by atoms with Crippen LogP contribution in [0.5, 0.6) is 46.0 Å². The molecule has 4 atom stereocenters. The normalized spacial score (nSPS) is 20.5. The van der Waals surface area contributed by atoms with Gasteiger partial charge < -0.3 is 57.5 Å². The lowest BCUT2D eigenvalue weighted by Crippen LogP contribution is -2.35. The van der Waals surface area contributed by atoms with E-state index in [0.29, 0.717) is 150 Å². The fourth-order valence-corrected chi connectivity index (χ4v) is 11.6. The number of rotatable bonds is 18. The van der Waals surface area contributed by atoms with Crippen molar-refractivity contribution < 1.29 is 57.1 Å². The van der Waals surface area contributed by atoms with Gasteiger partial charge in [0.2, 0.25) is 0 Å². The molecule has 0 N–H and O–H groups in total. The summed E-state index contributed by atoms with van der Waals surface area (Å²) in [5.74, 6) is 3.72. The third kappa shape index (κ3) is 11.5. The Hall–Kier alpha value is -9.20. The minimum Gasteiger partial charge on any atom is -0.493 e. The van der Waals surface area contributed by atoms with Crippen LogP contribution in [0.25, 0.3) is 0 Å². The van der Waals surface area contributed by atoms with E-state index in [1.54, 1.807) is 109 Å². The maximum Gasteiger partial charge on any atom is 0.257 e. The molecule has 4 aromatic rings. The lowest BCUT2D eigenvalue weighted by Gasteiger charge is -2.20. The molecule has 20 heteroatoms. The van der Waals surface area contributed by atoms with Crippen molar-refractivity contribution in [2.24, 2.45) is 20.0 Å².